The van der Waals surface area contributed by atoms with Crippen molar-refractivity contribution in [3.63, 3.8) is 0 Å². The highest BCUT2D eigenvalue weighted by Crippen LogP contribution is 2.64. The number of carbonyl (C=O) groups is 1. The third-order valence-corrected chi connectivity index (χ3v) is 11.3. The van der Waals surface area contributed by atoms with E-state index in [1.54, 1.807) is 0 Å². The molecule has 5 aliphatic rings. The highest BCUT2D eigenvalue weighted by Gasteiger charge is 2.59. The summed E-state index contributed by atoms with van der Waals surface area (Å²) in [5, 5.41) is 0. The molecule has 3 heteroatoms. The van der Waals surface area contributed by atoms with Crippen LogP contribution in [-0.2, 0) is 16.0 Å². The van der Waals surface area contributed by atoms with Crippen molar-refractivity contribution < 1.29 is 9.53 Å². The number of ether oxygens (including phenoxy) is 1. The highest BCUT2D eigenvalue weighted by molar-refractivity contribution is 5.96. The Kier molecular flexibility index (Phi) is 6.29. The van der Waals surface area contributed by atoms with Crippen molar-refractivity contribution >= 4 is 11.6 Å². The fourth-order valence-electron chi connectivity index (χ4n) is 9.74. The number of anilines is 1. The Balaban J connectivity index is 1.17. The molecule has 0 aromatic heterocycles. The lowest BCUT2D eigenvalue weighted by Gasteiger charge is -2.56. The van der Waals surface area contributed by atoms with Gasteiger partial charge in [-0.2, -0.15) is 0 Å². The molecule has 0 radical (unpaired) electrons. The summed E-state index contributed by atoms with van der Waals surface area (Å²) in [5.74, 6) is 5.92. The van der Waals surface area contributed by atoms with Gasteiger partial charge < -0.3 is 9.64 Å². The first-order chi connectivity index (χ1) is 16.6. The van der Waals surface area contributed by atoms with E-state index in [1.807, 2.05) is 0 Å². The Labute approximate surface area is 207 Å². The van der Waals surface area contributed by atoms with Crippen LogP contribution in [-0.4, -0.2) is 25.7 Å². The molecule has 0 spiro atoms. The van der Waals surface area contributed by atoms with Gasteiger partial charge in [-0.25, -0.2) is 0 Å². The Morgan fingerprint density at radius 2 is 1.88 bits per heavy atom. The average Bonchev–Trinajstić information content (AvgIpc) is 3.23. The third kappa shape index (κ3) is 3.76. The van der Waals surface area contributed by atoms with E-state index in [0.29, 0.717) is 5.91 Å². The predicted octanol–water partition coefficient (Wildman–Crippen LogP) is 6.89. The third-order valence-electron chi connectivity index (χ3n) is 11.3. The van der Waals surface area contributed by atoms with Gasteiger partial charge in [0.1, 0.15) is 0 Å². The molecule has 6 unspecified atom stereocenters. The van der Waals surface area contributed by atoms with Crippen LogP contribution < -0.4 is 4.90 Å². The van der Waals surface area contributed by atoms with Gasteiger partial charge in [0.2, 0.25) is 5.91 Å². The van der Waals surface area contributed by atoms with Gasteiger partial charge in [-0.15, -0.1) is 0 Å². The quantitative estimate of drug-likeness (QED) is 0.487. The van der Waals surface area contributed by atoms with Crippen molar-refractivity contribution in [1.82, 2.24) is 0 Å². The number of hydrogen-bond acceptors (Lipinski definition) is 2. The maximum absolute atomic E-state index is 14.0. The molecule has 0 saturated heterocycles. The largest absolute Gasteiger partial charge is 0.381 e. The Bertz CT molecular complexity index is 897. The van der Waals surface area contributed by atoms with E-state index in [1.165, 1.54) is 62.6 Å². The minimum absolute atomic E-state index is 0.212. The monoisotopic (exact) mass is 463 g/mol. The molecule has 4 fully saturated rings. The van der Waals surface area contributed by atoms with Crippen molar-refractivity contribution in [3.8, 4) is 0 Å². The summed E-state index contributed by atoms with van der Waals surface area (Å²) < 4.78 is 5.80. The zero-order chi connectivity index (χ0) is 23.3. The van der Waals surface area contributed by atoms with E-state index in [2.05, 4.69) is 43.0 Å². The van der Waals surface area contributed by atoms with E-state index in [4.69, 9.17) is 4.74 Å². The van der Waals surface area contributed by atoms with Crippen molar-refractivity contribution in [2.24, 2.45) is 46.8 Å². The van der Waals surface area contributed by atoms with Crippen LogP contribution in [0.25, 0.3) is 0 Å². The number of hydrogen-bond donors (Lipinski definition) is 0. The van der Waals surface area contributed by atoms with Crippen LogP contribution >= 0.6 is 0 Å². The van der Waals surface area contributed by atoms with Crippen LogP contribution in [0.5, 0.6) is 0 Å². The molecule has 34 heavy (non-hydrogen) atoms. The lowest BCUT2D eigenvalue weighted by Crippen LogP contribution is -2.51. The summed E-state index contributed by atoms with van der Waals surface area (Å²) in [6.45, 7) is 7.39. The van der Waals surface area contributed by atoms with E-state index in [9.17, 15) is 4.79 Å². The second-order valence-electron chi connectivity index (χ2n) is 12.7. The van der Waals surface area contributed by atoms with Crippen LogP contribution in [0.15, 0.2) is 24.3 Å². The number of benzene rings is 1. The van der Waals surface area contributed by atoms with Crippen molar-refractivity contribution in [3.05, 3.63) is 29.8 Å². The number of aryl methyl sites for hydroxylation is 1. The maximum Gasteiger partial charge on any atom is 0.230 e. The fourth-order valence-corrected chi connectivity index (χ4v) is 9.74. The van der Waals surface area contributed by atoms with E-state index >= 15 is 0 Å². The van der Waals surface area contributed by atoms with Gasteiger partial charge in [-0.05, 0) is 130 Å². The molecule has 1 aromatic carbocycles. The lowest BCUT2D eigenvalue weighted by atomic mass is 9.49. The summed E-state index contributed by atoms with van der Waals surface area (Å²) in [5.41, 5.74) is 2.77. The summed E-state index contributed by atoms with van der Waals surface area (Å²) in [6.07, 6.45) is 14.3. The van der Waals surface area contributed by atoms with Crippen LogP contribution in [0, 0.1) is 46.8 Å². The second-order valence-corrected chi connectivity index (χ2v) is 12.7. The van der Waals surface area contributed by atoms with Crippen molar-refractivity contribution in [2.75, 3.05) is 24.7 Å². The number of fused-ring (bicyclic) bond motifs is 6. The number of para-hydroxylation sites is 1. The minimum Gasteiger partial charge on any atom is -0.381 e. The zero-order valence-corrected chi connectivity index (χ0v) is 21.5. The first-order valence-electron chi connectivity index (χ1n) is 14.6. The number of amides is 1. The molecular weight excluding hydrogens is 418 g/mol. The Hall–Kier alpha value is -1.35. The van der Waals surface area contributed by atoms with Crippen LogP contribution in [0.2, 0.25) is 0 Å². The van der Waals surface area contributed by atoms with Crippen LogP contribution in [0.3, 0.4) is 0 Å². The smallest absolute Gasteiger partial charge is 0.230 e. The standard InChI is InChI=1S/C31H45NO2/c1-3-34-20-21-10-12-24-23(19-21)11-13-26-25(24)16-17-31(2)27(26)14-15-28(31)30(33)32-18-6-8-22-7-4-5-9-29(22)32/h4-5,7,9,21,23-28H,3,6,8,10-20H2,1-2H3/t21-,23?,24?,25?,26?,27?,28+,31?/m0/s1. The normalized spacial score (nSPS) is 41.2. The molecule has 4 saturated carbocycles. The first kappa shape index (κ1) is 23.1. The van der Waals surface area contributed by atoms with Gasteiger partial charge in [0.15, 0.2) is 0 Å². The molecule has 6 rings (SSSR count). The summed E-state index contributed by atoms with van der Waals surface area (Å²) in [6, 6.07) is 8.64. The molecule has 1 aromatic rings. The first-order valence-corrected chi connectivity index (χ1v) is 14.6. The molecule has 3 nitrogen and oxygen atoms in total. The summed E-state index contributed by atoms with van der Waals surface area (Å²) >= 11 is 0. The van der Waals surface area contributed by atoms with Crippen molar-refractivity contribution in [2.45, 2.75) is 84.5 Å². The molecule has 186 valence electrons. The predicted molar refractivity (Wildman–Crippen MR) is 138 cm³/mol. The van der Waals surface area contributed by atoms with Crippen molar-refractivity contribution in [1.29, 1.82) is 0 Å². The Morgan fingerprint density at radius 3 is 2.76 bits per heavy atom. The molecule has 1 aliphatic heterocycles. The fraction of sp³-hybridized carbons (Fsp3) is 0.774. The molecule has 4 aliphatic carbocycles. The molecular formula is C31H45NO2. The van der Waals surface area contributed by atoms with Crippen LogP contribution in [0.1, 0.15) is 83.6 Å². The van der Waals surface area contributed by atoms with E-state index in [-0.39, 0.29) is 11.3 Å². The minimum atomic E-state index is 0.212. The summed E-state index contributed by atoms with van der Waals surface area (Å²) in [4.78, 5) is 16.2. The van der Waals surface area contributed by atoms with Gasteiger partial charge in [0, 0.05) is 31.4 Å². The lowest BCUT2D eigenvalue weighted by molar-refractivity contribution is -0.130. The van der Waals surface area contributed by atoms with Gasteiger partial charge in [-0.3, -0.25) is 4.79 Å². The average molecular weight is 464 g/mol. The second kappa shape index (κ2) is 9.26. The zero-order valence-electron chi connectivity index (χ0n) is 21.5. The number of carbonyl (C=O) groups excluding carboxylic acids is 1. The van der Waals surface area contributed by atoms with Gasteiger partial charge in [0.25, 0.3) is 0 Å². The topological polar surface area (TPSA) is 29.5 Å². The summed E-state index contributed by atoms with van der Waals surface area (Å²) in [7, 11) is 0. The van der Waals surface area contributed by atoms with Gasteiger partial charge in [-0.1, -0.05) is 25.1 Å². The molecule has 8 atom stereocenters. The van der Waals surface area contributed by atoms with Gasteiger partial charge in [0.05, 0.1) is 0 Å². The SMILES string of the molecule is CCOC[C@H]1CCC2C(CCC3C2CCC2(C)C3CC[C@@H]2C(=O)N2CCCc3ccccc32)C1. The number of nitrogens with zero attached hydrogens (tertiary/aromatic N) is 1. The molecule has 1 heterocycles. The van der Waals surface area contributed by atoms with E-state index < -0.39 is 0 Å². The molecule has 0 N–H and O–H groups in total. The van der Waals surface area contributed by atoms with E-state index in [0.717, 1.165) is 74.5 Å². The number of rotatable bonds is 4. The maximum atomic E-state index is 14.0. The van der Waals surface area contributed by atoms with Crippen LogP contribution in [0.4, 0.5) is 5.69 Å². The molecule has 0 bridgehead atoms. The highest BCUT2D eigenvalue weighted by atomic mass is 16.5. The Morgan fingerprint density at radius 1 is 1.03 bits per heavy atom. The van der Waals surface area contributed by atoms with Gasteiger partial charge >= 0.3 is 0 Å². The molecule has 1 amide bonds.